The van der Waals surface area contributed by atoms with Crippen LogP contribution in [0, 0.1) is 24.2 Å². The summed E-state index contributed by atoms with van der Waals surface area (Å²) in [4.78, 5) is 29.0. The summed E-state index contributed by atoms with van der Waals surface area (Å²) in [5.74, 6) is -0.0710. The Morgan fingerprint density at radius 3 is 2.96 bits per heavy atom. The number of rotatable bonds is 4. The first-order chi connectivity index (χ1) is 12.5. The molecule has 0 saturated carbocycles. The van der Waals surface area contributed by atoms with Crippen molar-refractivity contribution in [2.75, 3.05) is 19.6 Å². The van der Waals surface area contributed by atoms with Crippen LogP contribution in [0.2, 0.25) is 0 Å². The van der Waals surface area contributed by atoms with Gasteiger partial charge in [-0.3, -0.25) is 9.59 Å². The molecular weight excluding hydrogens is 328 g/mol. The molecule has 2 heterocycles. The molecule has 1 saturated heterocycles. The highest BCUT2D eigenvalue weighted by molar-refractivity contribution is 5.86. The van der Waals surface area contributed by atoms with E-state index in [1.54, 1.807) is 17.9 Å². The van der Waals surface area contributed by atoms with E-state index < -0.39 is 0 Å². The van der Waals surface area contributed by atoms with E-state index in [-0.39, 0.29) is 17.7 Å². The van der Waals surface area contributed by atoms with E-state index in [4.69, 9.17) is 5.26 Å². The molecule has 0 spiro atoms. The molecule has 0 bridgehead atoms. The summed E-state index contributed by atoms with van der Waals surface area (Å²) >= 11 is 0. The summed E-state index contributed by atoms with van der Waals surface area (Å²) in [5, 5.41) is 13.2. The molecule has 1 fully saturated rings. The molecule has 6 heteroatoms. The van der Waals surface area contributed by atoms with Crippen molar-refractivity contribution in [1.82, 2.24) is 15.2 Å². The highest BCUT2D eigenvalue weighted by atomic mass is 16.2. The van der Waals surface area contributed by atoms with E-state index in [0.29, 0.717) is 25.1 Å². The molecule has 3 rings (SSSR count). The molecule has 6 nitrogen and oxygen atoms in total. The maximum atomic E-state index is 12.4. The van der Waals surface area contributed by atoms with Gasteiger partial charge in [0.2, 0.25) is 11.8 Å². The van der Waals surface area contributed by atoms with Crippen molar-refractivity contribution in [3.8, 4) is 6.07 Å². The van der Waals surface area contributed by atoms with E-state index >= 15 is 0 Å². The molecule has 0 radical (unpaired) electrons. The summed E-state index contributed by atoms with van der Waals surface area (Å²) in [7, 11) is 0. The molecule has 1 aliphatic heterocycles. The fourth-order valence-corrected chi connectivity index (χ4v) is 3.71. The van der Waals surface area contributed by atoms with Gasteiger partial charge in [-0.2, -0.15) is 5.26 Å². The van der Waals surface area contributed by atoms with E-state index in [1.807, 2.05) is 19.1 Å². The first-order valence-electron chi connectivity index (χ1n) is 9.04. The van der Waals surface area contributed by atoms with Crippen molar-refractivity contribution < 1.29 is 9.59 Å². The van der Waals surface area contributed by atoms with E-state index in [1.165, 1.54) is 0 Å². The van der Waals surface area contributed by atoms with Gasteiger partial charge in [-0.25, -0.2) is 0 Å². The summed E-state index contributed by atoms with van der Waals surface area (Å²) in [6.07, 6.45) is 2.40. The normalized spacial score (nSPS) is 17.1. The lowest BCUT2D eigenvalue weighted by atomic mass is 9.97. The zero-order chi connectivity index (χ0) is 18.7. The number of likely N-dealkylation sites (tertiary alicyclic amines) is 1. The van der Waals surface area contributed by atoms with Crippen LogP contribution in [-0.2, 0) is 16.0 Å². The molecule has 1 aromatic heterocycles. The quantitative estimate of drug-likeness (QED) is 0.884. The predicted octanol–water partition coefficient (Wildman–Crippen LogP) is 2.27. The third kappa shape index (κ3) is 3.72. The van der Waals surface area contributed by atoms with Crippen LogP contribution in [-0.4, -0.2) is 41.3 Å². The molecular formula is C20H24N4O2. The third-order valence-electron chi connectivity index (χ3n) is 5.16. The first kappa shape index (κ1) is 18.0. The van der Waals surface area contributed by atoms with Gasteiger partial charge in [0.05, 0.1) is 17.6 Å². The molecule has 0 aliphatic carbocycles. The van der Waals surface area contributed by atoms with Gasteiger partial charge in [-0.15, -0.1) is 0 Å². The SMILES string of the molecule is CC(=O)N1CCC[C@H](C(=O)NCCc2c(C)[nH]c3ccc(C#N)cc23)C1. The maximum Gasteiger partial charge on any atom is 0.224 e. The summed E-state index contributed by atoms with van der Waals surface area (Å²) in [5.41, 5.74) is 3.83. The van der Waals surface area contributed by atoms with E-state index in [2.05, 4.69) is 16.4 Å². The van der Waals surface area contributed by atoms with E-state index in [9.17, 15) is 9.59 Å². The molecule has 2 N–H and O–H groups in total. The number of nitrogens with zero attached hydrogens (tertiary/aromatic N) is 2. The van der Waals surface area contributed by atoms with Gasteiger partial charge in [0.15, 0.2) is 0 Å². The van der Waals surface area contributed by atoms with Crippen LogP contribution in [0.1, 0.15) is 36.6 Å². The Balaban J connectivity index is 1.62. The number of aromatic nitrogens is 1. The van der Waals surface area contributed by atoms with E-state index in [0.717, 1.165) is 41.5 Å². The van der Waals surface area contributed by atoms with Gasteiger partial charge in [-0.05, 0) is 49.9 Å². The molecule has 136 valence electrons. The van der Waals surface area contributed by atoms with Gasteiger partial charge in [0, 0.05) is 43.2 Å². The molecule has 1 atom stereocenters. The van der Waals surface area contributed by atoms with Gasteiger partial charge >= 0.3 is 0 Å². The van der Waals surface area contributed by atoms with Crippen molar-refractivity contribution in [2.24, 2.45) is 5.92 Å². The number of piperidine rings is 1. The molecule has 2 amide bonds. The minimum Gasteiger partial charge on any atom is -0.358 e. The number of hydrogen-bond acceptors (Lipinski definition) is 3. The average Bonchev–Trinajstić information content (AvgIpc) is 2.96. The summed E-state index contributed by atoms with van der Waals surface area (Å²) in [6, 6.07) is 7.78. The number of benzene rings is 1. The lowest BCUT2D eigenvalue weighted by Gasteiger charge is -2.31. The monoisotopic (exact) mass is 352 g/mol. The van der Waals surface area contributed by atoms with Gasteiger partial charge in [0.1, 0.15) is 0 Å². The number of fused-ring (bicyclic) bond motifs is 1. The Labute approximate surface area is 153 Å². The number of nitrogens with one attached hydrogen (secondary N) is 2. The lowest BCUT2D eigenvalue weighted by molar-refractivity contribution is -0.133. The van der Waals surface area contributed by atoms with Gasteiger partial charge in [-0.1, -0.05) is 0 Å². The third-order valence-corrected chi connectivity index (χ3v) is 5.16. The maximum absolute atomic E-state index is 12.4. The zero-order valence-corrected chi connectivity index (χ0v) is 15.3. The van der Waals surface area contributed by atoms with Crippen LogP contribution in [0.5, 0.6) is 0 Å². The second-order valence-corrected chi connectivity index (χ2v) is 6.95. The summed E-state index contributed by atoms with van der Waals surface area (Å²) in [6.45, 7) is 5.36. The number of carbonyl (C=O) groups excluding carboxylic acids is 2. The van der Waals surface area contributed by atoms with Crippen LogP contribution in [0.15, 0.2) is 18.2 Å². The lowest BCUT2D eigenvalue weighted by Crippen LogP contribution is -2.45. The smallest absolute Gasteiger partial charge is 0.224 e. The fourth-order valence-electron chi connectivity index (χ4n) is 3.71. The largest absolute Gasteiger partial charge is 0.358 e. The zero-order valence-electron chi connectivity index (χ0n) is 15.3. The topological polar surface area (TPSA) is 89.0 Å². The van der Waals surface area contributed by atoms with Crippen LogP contribution < -0.4 is 5.32 Å². The van der Waals surface area contributed by atoms with Crippen molar-refractivity contribution in [2.45, 2.75) is 33.1 Å². The molecule has 0 unspecified atom stereocenters. The average molecular weight is 352 g/mol. The number of nitriles is 1. The van der Waals surface area contributed by atoms with Gasteiger partial charge < -0.3 is 15.2 Å². The minimum absolute atomic E-state index is 0.0196. The second kappa shape index (κ2) is 7.61. The van der Waals surface area contributed by atoms with Gasteiger partial charge in [0.25, 0.3) is 0 Å². The minimum atomic E-state index is -0.123. The van der Waals surface area contributed by atoms with Crippen molar-refractivity contribution >= 4 is 22.7 Å². The highest BCUT2D eigenvalue weighted by Gasteiger charge is 2.26. The van der Waals surface area contributed by atoms with Crippen molar-refractivity contribution in [1.29, 1.82) is 5.26 Å². The summed E-state index contributed by atoms with van der Waals surface area (Å²) < 4.78 is 0. The number of amides is 2. The Morgan fingerprint density at radius 2 is 2.23 bits per heavy atom. The number of aryl methyl sites for hydroxylation is 1. The van der Waals surface area contributed by atoms with Crippen LogP contribution in [0.3, 0.4) is 0 Å². The Hall–Kier alpha value is -2.81. The van der Waals surface area contributed by atoms with Crippen molar-refractivity contribution in [3.05, 3.63) is 35.0 Å². The van der Waals surface area contributed by atoms with Crippen LogP contribution >= 0.6 is 0 Å². The molecule has 1 aliphatic rings. The number of carbonyl (C=O) groups is 2. The number of hydrogen-bond donors (Lipinski definition) is 2. The predicted molar refractivity (Wildman–Crippen MR) is 99.4 cm³/mol. The Morgan fingerprint density at radius 1 is 1.42 bits per heavy atom. The number of H-pyrrole nitrogens is 1. The standard InChI is InChI=1S/C20H24N4O2/c1-13-17(18-10-15(11-21)5-6-19(18)23-13)7-8-22-20(26)16-4-3-9-24(12-16)14(2)25/h5-6,10,16,23H,3-4,7-9,12H2,1-2H3,(H,22,26)/t16-/m0/s1. The molecule has 1 aromatic carbocycles. The fraction of sp³-hybridized carbons (Fsp3) is 0.450. The Kier molecular flexibility index (Phi) is 5.27. The Bertz CT molecular complexity index is 878. The molecule has 26 heavy (non-hydrogen) atoms. The van der Waals surface area contributed by atoms with Crippen molar-refractivity contribution in [3.63, 3.8) is 0 Å². The van der Waals surface area contributed by atoms with Crippen LogP contribution in [0.25, 0.3) is 10.9 Å². The molecule has 2 aromatic rings. The second-order valence-electron chi connectivity index (χ2n) is 6.95. The van der Waals surface area contributed by atoms with Crippen LogP contribution in [0.4, 0.5) is 0 Å². The number of aromatic amines is 1. The highest BCUT2D eigenvalue weighted by Crippen LogP contribution is 2.24. The first-order valence-corrected chi connectivity index (χ1v) is 9.04.